The van der Waals surface area contributed by atoms with Gasteiger partial charge in [0.1, 0.15) is 11.4 Å². The third-order valence-corrected chi connectivity index (χ3v) is 4.44. The number of nitrogens with one attached hydrogen (secondary N) is 2. The average molecular weight is 291 g/mol. The van der Waals surface area contributed by atoms with E-state index < -0.39 is 0 Å². The Morgan fingerprint density at radius 1 is 1.35 bits per heavy atom. The van der Waals surface area contributed by atoms with Crippen molar-refractivity contribution in [3.63, 3.8) is 0 Å². The lowest BCUT2D eigenvalue weighted by Gasteiger charge is -2.12. The van der Waals surface area contributed by atoms with Crippen molar-refractivity contribution >= 4 is 28.2 Å². The third kappa shape index (κ3) is 2.99. The first-order valence-corrected chi connectivity index (χ1v) is 7.58. The van der Waals surface area contributed by atoms with Crippen molar-refractivity contribution in [1.82, 2.24) is 5.32 Å². The molecule has 1 aliphatic carbocycles. The van der Waals surface area contributed by atoms with Crippen LogP contribution >= 0.6 is 11.3 Å². The van der Waals surface area contributed by atoms with Gasteiger partial charge in [-0.15, -0.1) is 11.3 Å². The smallest absolute Gasteiger partial charge is 0.254 e. The second kappa shape index (κ2) is 6.53. The molecule has 0 bridgehead atoms. The topological polar surface area (TPSA) is 82.0 Å². The van der Waals surface area contributed by atoms with E-state index in [1.807, 2.05) is 13.0 Å². The molecule has 2 N–H and O–H groups in total. The van der Waals surface area contributed by atoms with E-state index in [1.165, 1.54) is 16.2 Å². The molecule has 0 unspecified atom stereocenters. The van der Waals surface area contributed by atoms with Crippen LogP contribution in [0.4, 0.5) is 5.00 Å². The Labute approximate surface area is 122 Å². The van der Waals surface area contributed by atoms with Crippen molar-refractivity contribution in [2.24, 2.45) is 0 Å². The minimum absolute atomic E-state index is 0.140. The molecule has 6 heteroatoms. The Kier molecular flexibility index (Phi) is 4.74. The van der Waals surface area contributed by atoms with Gasteiger partial charge in [0, 0.05) is 11.4 Å². The number of thiophene rings is 1. The number of carbonyl (C=O) groups is 2. The summed E-state index contributed by atoms with van der Waals surface area (Å²) in [5, 5.41) is 14.6. The number of hydrogen-bond donors (Lipinski definition) is 2. The molecule has 0 saturated carbocycles. The standard InChI is InChI=1S/C14H17N3O2S/c1-2-16-13(19)12-9-5-3-4-6-10(9)20-14(12)17-11(18)7-8-15/h2-7H2,1H3,(H,16,19)(H,17,18). The number of amides is 2. The molecule has 1 aliphatic rings. The van der Waals surface area contributed by atoms with Gasteiger partial charge in [-0.3, -0.25) is 9.59 Å². The number of nitrogens with zero attached hydrogens (tertiary/aromatic N) is 1. The largest absolute Gasteiger partial charge is 0.352 e. The zero-order valence-electron chi connectivity index (χ0n) is 11.4. The Bertz CT molecular complexity index is 572. The molecule has 5 nitrogen and oxygen atoms in total. The number of anilines is 1. The highest BCUT2D eigenvalue weighted by atomic mass is 32.1. The SMILES string of the molecule is CCNC(=O)c1c(NC(=O)CC#N)sc2c1CCCC2. The van der Waals surface area contributed by atoms with Crippen LogP contribution in [0.15, 0.2) is 0 Å². The van der Waals surface area contributed by atoms with Gasteiger partial charge >= 0.3 is 0 Å². The molecule has 1 heterocycles. The van der Waals surface area contributed by atoms with Crippen molar-refractivity contribution in [2.75, 3.05) is 11.9 Å². The van der Waals surface area contributed by atoms with Gasteiger partial charge < -0.3 is 10.6 Å². The summed E-state index contributed by atoms with van der Waals surface area (Å²) in [6.07, 6.45) is 3.83. The summed E-state index contributed by atoms with van der Waals surface area (Å²) in [7, 11) is 0. The van der Waals surface area contributed by atoms with Gasteiger partial charge in [-0.1, -0.05) is 0 Å². The molecule has 0 fully saturated rings. The Balaban J connectivity index is 2.34. The van der Waals surface area contributed by atoms with Crippen LogP contribution in [0.1, 0.15) is 47.0 Å². The van der Waals surface area contributed by atoms with Gasteiger partial charge in [0.15, 0.2) is 0 Å². The number of hydrogen-bond acceptors (Lipinski definition) is 4. The molecule has 0 spiro atoms. The zero-order valence-corrected chi connectivity index (χ0v) is 12.2. The van der Waals surface area contributed by atoms with Crippen LogP contribution in [0.25, 0.3) is 0 Å². The van der Waals surface area contributed by atoms with Crippen LogP contribution < -0.4 is 10.6 Å². The van der Waals surface area contributed by atoms with Crippen LogP contribution in [0, 0.1) is 11.3 Å². The lowest BCUT2D eigenvalue weighted by atomic mass is 9.95. The predicted octanol–water partition coefficient (Wildman–Crippen LogP) is 2.23. The quantitative estimate of drug-likeness (QED) is 0.892. The average Bonchev–Trinajstić information content (AvgIpc) is 2.76. The Morgan fingerprint density at radius 3 is 2.80 bits per heavy atom. The van der Waals surface area contributed by atoms with Gasteiger partial charge in [0.05, 0.1) is 11.6 Å². The molecule has 0 aromatic carbocycles. The highest BCUT2D eigenvalue weighted by Gasteiger charge is 2.25. The molecule has 0 aliphatic heterocycles. The number of nitriles is 1. The fourth-order valence-electron chi connectivity index (χ4n) is 2.39. The minimum atomic E-state index is -0.364. The lowest BCUT2D eigenvalue weighted by Crippen LogP contribution is -2.25. The monoisotopic (exact) mass is 291 g/mol. The number of rotatable bonds is 4. The maximum atomic E-state index is 12.2. The second-order valence-electron chi connectivity index (χ2n) is 4.66. The van der Waals surface area contributed by atoms with Gasteiger partial charge in [-0.05, 0) is 38.2 Å². The molecule has 0 radical (unpaired) electrons. The van der Waals surface area contributed by atoms with Gasteiger partial charge in [0.2, 0.25) is 5.91 Å². The molecular formula is C14H17N3O2S. The van der Waals surface area contributed by atoms with Crippen molar-refractivity contribution in [3.05, 3.63) is 16.0 Å². The van der Waals surface area contributed by atoms with Gasteiger partial charge in [0.25, 0.3) is 5.91 Å². The van der Waals surface area contributed by atoms with Crippen LogP contribution in [0.3, 0.4) is 0 Å². The summed E-state index contributed by atoms with van der Waals surface area (Å²) in [4.78, 5) is 25.0. The van der Waals surface area contributed by atoms with Crippen LogP contribution in [-0.4, -0.2) is 18.4 Å². The first-order valence-electron chi connectivity index (χ1n) is 6.76. The summed E-state index contributed by atoms with van der Waals surface area (Å²) in [5.41, 5.74) is 1.66. The highest BCUT2D eigenvalue weighted by Crippen LogP contribution is 2.38. The fourth-order valence-corrected chi connectivity index (χ4v) is 3.69. The van der Waals surface area contributed by atoms with Crippen molar-refractivity contribution in [3.8, 4) is 6.07 Å². The molecule has 1 aromatic rings. The van der Waals surface area contributed by atoms with Gasteiger partial charge in [-0.2, -0.15) is 5.26 Å². The van der Waals surface area contributed by atoms with E-state index in [2.05, 4.69) is 10.6 Å². The van der Waals surface area contributed by atoms with Crippen molar-refractivity contribution < 1.29 is 9.59 Å². The van der Waals surface area contributed by atoms with E-state index in [4.69, 9.17) is 5.26 Å². The molecule has 2 rings (SSSR count). The summed E-state index contributed by atoms with van der Waals surface area (Å²) in [5.74, 6) is -0.504. The normalized spacial score (nSPS) is 13.2. The second-order valence-corrected chi connectivity index (χ2v) is 5.76. The predicted molar refractivity (Wildman–Crippen MR) is 77.8 cm³/mol. The van der Waals surface area contributed by atoms with E-state index in [1.54, 1.807) is 0 Å². The molecule has 20 heavy (non-hydrogen) atoms. The summed E-state index contributed by atoms with van der Waals surface area (Å²) in [6.45, 7) is 2.42. The van der Waals surface area contributed by atoms with Crippen LogP contribution in [-0.2, 0) is 17.6 Å². The maximum absolute atomic E-state index is 12.2. The number of aryl methyl sites for hydroxylation is 1. The molecule has 2 amide bonds. The van der Waals surface area contributed by atoms with Crippen molar-refractivity contribution in [1.29, 1.82) is 5.26 Å². The molecule has 0 saturated heterocycles. The fraction of sp³-hybridized carbons (Fsp3) is 0.500. The number of carbonyl (C=O) groups excluding carboxylic acids is 2. The highest BCUT2D eigenvalue weighted by molar-refractivity contribution is 7.17. The first-order chi connectivity index (χ1) is 9.67. The Hall–Kier alpha value is -1.87. The van der Waals surface area contributed by atoms with Crippen LogP contribution in [0.5, 0.6) is 0 Å². The summed E-state index contributed by atoms with van der Waals surface area (Å²) < 4.78 is 0. The van der Waals surface area contributed by atoms with E-state index in [0.717, 1.165) is 31.2 Å². The maximum Gasteiger partial charge on any atom is 0.254 e. The van der Waals surface area contributed by atoms with Crippen molar-refractivity contribution in [2.45, 2.75) is 39.0 Å². The van der Waals surface area contributed by atoms with Crippen LogP contribution in [0.2, 0.25) is 0 Å². The van der Waals surface area contributed by atoms with E-state index in [0.29, 0.717) is 17.1 Å². The molecule has 106 valence electrons. The Morgan fingerprint density at radius 2 is 2.10 bits per heavy atom. The lowest BCUT2D eigenvalue weighted by molar-refractivity contribution is -0.115. The zero-order chi connectivity index (χ0) is 14.5. The molecule has 0 atom stereocenters. The molecule has 1 aromatic heterocycles. The summed E-state index contributed by atoms with van der Waals surface area (Å²) in [6, 6.07) is 1.82. The first kappa shape index (κ1) is 14.5. The third-order valence-electron chi connectivity index (χ3n) is 3.23. The molecular weight excluding hydrogens is 274 g/mol. The number of fused-ring (bicyclic) bond motifs is 1. The van der Waals surface area contributed by atoms with E-state index >= 15 is 0 Å². The van der Waals surface area contributed by atoms with Gasteiger partial charge in [-0.25, -0.2) is 0 Å². The summed E-state index contributed by atoms with van der Waals surface area (Å²) >= 11 is 1.47. The van der Waals surface area contributed by atoms with E-state index in [9.17, 15) is 9.59 Å². The minimum Gasteiger partial charge on any atom is -0.352 e. The van der Waals surface area contributed by atoms with E-state index in [-0.39, 0.29) is 18.2 Å².